The number of imidazole rings is 1. The maximum atomic E-state index is 12.4. The minimum atomic E-state index is -0.217. The Bertz CT molecular complexity index is 675. The van der Waals surface area contributed by atoms with Gasteiger partial charge in [0.15, 0.2) is 0 Å². The van der Waals surface area contributed by atoms with Crippen LogP contribution in [0, 0.1) is 0 Å². The van der Waals surface area contributed by atoms with Crippen molar-refractivity contribution in [2.75, 3.05) is 23.3 Å². The van der Waals surface area contributed by atoms with Gasteiger partial charge in [-0.05, 0) is 25.0 Å². The first-order chi connectivity index (χ1) is 11.2. The summed E-state index contributed by atoms with van der Waals surface area (Å²) in [5.41, 5.74) is 2.23. The zero-order valence-corrected chi connectivity index (χ0v) is 13.2. The normalized spacial score (nSPS) is 15.7. The molecule has 23 heavy (non-hydrogen) atoms. The van der Waals surface area contributed by atoms with Gasteiger partial charge in [0.05, 0.1) is 23.7 Å². The van der Waals surface area contributed by atoms with E-state index in [0.29, 0.717) is 5.69 Å². The number of hydrogen-bond donors (Lipinski definition) is 3. The van der Waals surface area contributed by atoms with E-state index in [0.717, 1.165) is 49.6 Å². The molecule has 6 nitrogen and oxygen atoms in total. The number of nitrogens with one attached hydrogen (secondary N) is 2. The first kappa shape index (κ1) is 15.6. The Labute approximate surface area is 135 Å². The predicted octanol–water partition coefficient (Wildman–Crippen LogP) is 2.19. The molecule has 0 spiro atoms. The molecular weight excluding hydrogens is 292 g/mol. The highest BCUT2D eigenvalue weighted by molar-refractivity contribution is 6.04. The highest BCUT2D eigenvalue weighted by atomic mass is 16.3. The van der Waals surface area contributed by atoms with Gasteiger partial charge in [0.1, 0.15) is 11.5 Å². The Morgan fingerprint density at radius 3 is 2.83 bits per heavy atom. The minimum Gasteiger partial charge on any atom is -0.393 e. The van der Waals surface area contributed by atoms with Gasteiger partial charge in [0.25, 0.3) is 5.91 Å². The number of hydrogen-bond acceptors (Lipinski definition) is 4. The molecule has 0 saturated carbocycles. The summed E-state index contributed by atoms with van der Waals surface area (Å²) in [7, 11) is 0. The zero-order chi connectivity index (χ0) is 16.2. The van der Waals surface area contributed by atoms with Crippen molar-refractivity contribution in [3.05, 3.63) is 42.0 Å². The second kappa shape index (κ2) is 6.83. The average Bonchev–Trinajstić information content (AvgIpc) is 3.05. The van der Waals surface area contributed by atoms with Gasteiger partial charge in [0.2, 0.25) is 0 Å². The lowest BCUT2D eigenvalue weighted by Gasteiger charge is -2.32. The number of amides is 1. The van der Waals surface area contributed by atoms with Crippen molar-refractivity contribution in [1.82, 2.24) is 9.97 Å². The first-order valence-electron chi connectivity index (χ1n) is 8.04. The van der Waals surface area contributed by atoms with E-state index < -0.39 is 0 Å². The lowest BCUT2D eigenvalue weighted by atomic mass is 10.1. The van der Waals surface area contributed by atoms with E-state index in [9.17, 15) is 9.90 Å². The lowest BCUT2D eigenvalue weighted by Crippen LogP contribution is -2.36. The molecule has 1 aromatic carbocycles. The summed E-state index contributed by atoms with van der Waals surface area (Å²) in [6, 6.07) is 7.76. The molecule has 1 aromatic heterocycles. The molecule has 0 aliphatic carbocycles. The number of carbonyl (C=O) groups excluding carboxylic acids is 1. The van der Waals surface area contributed by atoms with E-state index in [1.807, 2.05) is 31.2 Å². The molecule has 2 aromatic rings. The van der Waals surface area contributed by atoms with Crippen LogP contribution in [0.4, 0.5) is 11.4 Å². The van der Waals surface area contributed by atoms with Crippen molar-refractivity contribution >= 4 is 17.3 Å². The summed E-state index contributed by atoms with van der Waals surface area (Å²) < 4.78 is 0. The van der Waals surface area contributed by atoms with Gasteiger partial charge in [-0.15, -0.1) is 0 Å². The van der Waals surface area contributed by atoms with Crippen LogP contribution in [0.2, 0.25) is 0 Å². The van der Waals surface area contributed by atoms with E-state index in [1.165, 1.54) is 0 Å². The number of aromatic amines is 1. The summed E-state index contributed by atoms with van der Waals surface area (Å²) in [5.74, 6) is 0.607. The van der Waals surface area contributed by atoms with E-state index in [4.69, 9.17) is 0 Å². The molecular formula is C17H22N4O2. The number of H-pyrrole nitrogens is 1. The second-order valence-electron chi connectivity index (χ2n) is 5.79. The lowest BCUT2D eigenvalue weighted by molar-refractivity contribution is 0.102. The molecule has 0 unspecified atom stereocenters. The van der Waals surface area contributed by atoms with E-state index in [2.05, 4.69) is 20.2 Å². The summed E-state index contributed by atoms with van der Waals surface area (Å²) in [4.78, 5) is 21.8. The fourth-order valence-electron chi connectivity index (χ4n) is 2.81. The molecule has 122 valence electrons. The van der Waals surface area contributed by atoms with Gasteiger partial charge in [-0.2, -0.15) is 0 Å². The molecule has 3 N–H and O–H groups in total. The molecule has 1 amide bonds. The van der Waals surface area contributed by atoms with Gasteiger partial charge in [-0.3, -0.25) is 4.79 Å². The molecule has 3 rings (SSSR count). The monoisotopic (exact) mass is 314 g/mol. The van der Waals surface area contributed by atoms with Gasteiger partial charge < -0.3 is 20.3 Å². The maximum absolute atomic E-state index is 12.4. The van der Waals surface area contributed by atoms with Crippen LogP contribution in [0.25, 0.3) is 0 Å². The number of benzene rings is 1. The Morgan fingerprint density at radius 1 is 1.39 bits per heavy atom. The smallest absolute Gasteiger partial charge is 0.273 e. The van der Waals surface area contributed by atoms with Crippen LogP contribution < -0.4 is 10.2 Å². The van der Waals surface area contributed by atoms with Crippen molar-refractivity contribution in [3.8, 4) is 0 Å². The van der Waals surface area contributed by atoms with Crippen LogP contribution in [0.3, 0.4) is 0 Å². The zero-order valence-electron chi connectivity index (χ0n) is 13.2. The van der Waals surface area contributed by atoms with Crippen LogP contribution in [0.5, 0.6) is 0 Å². The molecule has 0 radical (unpaired) electrons. The highest BCUT2D eigenvalue weighted by Gasteiger charge is 2.20. The summed E-state index contributed by atoms with van der Waals surface area (Å²) in [6.45, 7) is 3.57. The number of para-hydroxylation sites is 2. The number of carbonyl (C=O) groups is 1. The van der Waals surface area contributed by atoms with Crippen LogP contribution >= 0.6 is 0 Å². The fraction of sp³-hybridized carbons (Fsp3) is 0.412. The van der Waals surface area contributed by atoms with Crippen molar-refractivity contribution in [1.29, 1.82) is 0 Å². The molecule has 1 saturated heterocycles. The Hall–Kier alpha value is -2.34. The maximum Gasteiger partial charge on any atom is 0.273 e. The van der Waals surface area contributed by atoms with Crippen LogP contribution in [-0.4, -0.2) is 40.2 Å². The van der Waals surface area contributed by atoms with Gasteiger partial charge in [-0.25, -0.2) is 4.98 Å². The SMILES string of the molecule is CCc1ncc(C(=O)Nc2ccccc2N2CCC(O)CC2)[nH]1. The minimum absolute atomic E-state index is 0.193. The molecule has 1 aliphatic rings. The number of aliphatic hydroxyl groups excluding tert-OH is 1. The molecule has 0 atom stereocenters. The van der Waals surface area contributed by atoms with E-state index >= 15 is 0 Å². The average molecular weight is 314 g/mol. The molecule has 6 heteroatoms. The Morgan fingerprint density at radius 2 is 2.13 bits per heavy atom. The number of nitrogens with zero attached hydrogens (tertiary/aromatic N) is 2. The van der Waals surface area contributed by atoms with Crippen molar-refractivity contribution in [3.63, 3.8) is 0 Å². The number of aryl methyl sites for hydroxylation is 1. The third kappa shape index (κ3) is 3.53. The third-order valence-corrected chi connectivity index (χ3v) is 4.17. The number of piperidine rings is 1. The first-order valence-corrected chi connectivity index (χ1v) is 8.04. The van der Waals surface area contributed by atoms with Crippen molar-refractivity contribution < 1.29 is 9.90 Å². The Balaban J connectivity index is 1.76. The van der Waals surface area contributed by atoms with E-state index in [-0.39, 0.29) is 12.0 Å². The van der Waals surface area contributed by atoms with Crippen LogP contribution in [0.15, 0.2) is 30.5 Å². The summed E-state index contributed by atoms with van der Waals surface area (Å²) in [6.07, 6.45) is 3.62. The quantitative estimate of drug-likeness (QED) is 0.808. The molecule has 0 bridgehead atoms. The van der Waals surface area contributed by atoms with E-state index in [1.54, 1.807) is 6.20 Å². The highest BCUT2D eigenvalue weighted by Crippen LogP contribution is 2.28. The Kier molecular flexibility index (Phi) is 4.62. The summed E-state index contributed by atoms with van der Waals surface area (Å²) >= 11 is 0. The van der Waals surface area contributed by atoms with Crippen molar-refractivity contribution in [2.45, 2.75) is 32.3 Å². The largest absolute Gasteiger partial charge is 0.393 e. The van der Waals surface area contributed by atoms with Crippen molar-refractivity contribution in [2.24, 2.45) is 0 Å². The standard InChI is InChI=1S/C17H22N4O2/c1-2-16-18-11-14(19-16)17(23)20-13-5-3-4-6-15(13)21-9-7-12(22)8-10-21/h3-6,11-12,22H,2,7-10H2,1H3,(H,18,19)(H,20,23). The third-order valence-electron chi connectivity index (χ3n) is 4.17. The predicted molar refractivity (Wildman–Crippen MR) is 89.8 cm³/mol. The fourth-order valence-corrected chi connectivity index (χ4v) is 2.81. The second-order valence-corrected chi connectivity index (χ2v) is 5.79. The number of aliphatic hydroxyl groups is 1. The number of rotatable bonds is 4. The van der Waals surface area contributed by atoms with Gasteiger partial charge in [0, 0.05) is 19.5 Å². The number of anilines is 2. The molecule has 1 aliphatic heterocycles. The topological polar surface area (TPSA) is 81.2 Å². The molecule has 2 heterocycles. The van der Waals surface area contributed by atoms with Crippen LogP contribution in [-0.2, 0) is 6.42 Å². The molecule has 1 fully saturated rings. The van der Waals surface area contributed by atoms with Crippen LogP contribution in [0.1, 0.15) is 36.1 Å². The number of aromatic nitrogens is 2. The van der Waals surface area contributed by atoms with Gasteiger partial charge in [-0.1, -0.05) is 19.1 Å². The summed E-state index contributed by atoms with van der Waals surface area (Å²) in [5, 5.41) is 12.6. The van der Waals surface area contributed by atoms with Gasteiger partial charge >= 0.3 is 0 Å².